The molecule has 0 aliphatic carbocycles. The van der Waals surface area contributed by atoms with E-state index in [1.165, 1.54) is 16.9 Å². The molecular weight excluding hydrogens is 162 g/mol. The number of para-hydroxylation sites is 1. The maximum atomic E-state index is 4.34. The molecule has 3 nitrogen and oxygen atoms in total. The standard InChI is InChI=1S/C10H11N3/c1-2-8-6-11-4-5-13-7-12-9(3-1)10(8)13/h1-3,6,12H,4-5,7H2. The Balaban J connectivity index is 2.24. The molecule has 0 saturated carbocycles. The molecule has 0 radical (unpaired) electrons. The van der Waals surface area contributed by atoms with E-state index in [-0.39, 0.29) is 0 Å². The van der Waals surface area contributed by atoms with Crippen molar-refractivity contribution in [3.05, 3.63) is 23.8 Å². The zero-order chi connectivity index (χ0) is 8.67. The lowest BCUT2D eigenvalue weighted by Crippen LogP contribution is -2.25. The van der Waals surface area contributed by atoms with Crippen LogP contribution in [-0.2, 0) is 0 Å². The lowest BCUT2D eigenvalue weighted by Gasteiger charge is -2.15. The molecule has 66 valence electrons. The van der Waals surface area contributed by atoms with Crippen molar-refractivity contribution >= 4 is 17.6 Å². The minimum atomic E-state index is 0.899. The first kappa shape index (κ1) is 6.95. The van der Waals surface area contributed by atoms with Crippen molar-refractivity contribution in [2.75, 3.05) is 30.0 Å². The Kier molecular flexibility index (Phi) is 1.33. The number of benzene rings is 1. The summed E-state index contributed by atoms with van der Waals surface area (Å²) in [6.07, 6.45) is 1.98. The van der Waals surface area contributed by atoms with Gasteiger partial charge in [0.15, 0.2) is 0 Å². The molecular formula is C10H11N3. The molecule has 0 amide bonds. The summed E-state index contributed by atoms with van der Waals surface area (Å²) in [6, 6.07) is 6.31. The number of hydrogen-bond donors (Lipinski definition) is 1. The Bertz CT molecular complexity index is 370. The smallest absolute Gasteiger partial charge is 0.0878 e. The second-order valence-corrected chi connectivity index (χ2v) is 3.38. The van der Waals surface area contributed by atoms with Gasteiger partial charge in [-0.25, -0.2) is 0 Å². The molecule has 0 fully saturated rings. The fraction of sp³-hybridized carbons (Fsp3) is 0.300. The third-order valence-corrected chi connectivity index (χ3v) is 2.57. The first-order valence-corrected chi connectivity index (χ1v) is 4.57. The average Bonchev–Trinajstić information content (AvgIpc) is 2.44. The SMILES string of the molecule is C1=NCCN2CNc3cccc1c32. The fourth-order valence-electron chi connectivity index (χ4n) is 1.95. The zero-order valence-electron chi connectivity index (χ0n) is 7.33. The van der Waals surface area contributed by atoms with Gasteiger partial charge in [0.05, 0.1) is 24.6 Å². The number of hydrogen-bond acceptors (Lipinski definition) is 3. The van der Waals surface area contributed by atoms with Crippen LogP contribution in [0.15, 0.2) is 23.2 Å². The van der Waals surface area contributed by atoms with Gasteiger partial charge in [0.2, 0.25) is 0 Å². The van der Waals surface area contributed by atoms with E-state index in [4.69, 9.17) is 0 Å². The maximum absolute atomic E-state index is 4.34. The molecule has 0 saturated heterocycles. The second-order valence-electron chi connectivity index (χ2n) is 3.38. The van der Waals surface area contributed by atoms with Crippen LogP contribution in [0.25, 0.3) is 0 Å². The maximum Gasteiger partial charge on any atom is 0.0878 e. The van der Waals surface area contributed by atoms with Crippen LogP contribution >= 0.6 is 0 Å². The minimum Gasteiger partial charge on any atom is -0.366 e. The number of nitrogens with zero attached hydrogens (tertiary/aromatic N) is 2. The molecule has 0 unspecified atom stereocenters. The van der Waals surface area contributed by atoms with Gasteiger partial charge in [0, 0.05) is 18.3 Å². The van der Waals surface area contributed by atoms with Crippen molar-refractivity contribution in [3.63, 3.8) is 0 Å². The van der Waals surface area contributed by atoms with E-state index in [1.54, 1.807) is 0 Å². The van der Waals surface area contributed by atoms with Gasteiger partial charge in [-0.1, -0.05) is 12.1 Å². The molecule has 1 aromatic carbocycles. The van der Waals surface area contributed by atoms with Crippen molar-refractivity contribution in [1.29, 1.82) is 0 Å². The van der Waals surface area contributed by atoms with Gasteiger partial charge in [-0.15, -0.1) is 0 Å². The minimum absolute atomic E-state index is 0.899. The summed E-state index contributed by atoms with van der Waals surface area (Å²) < 4.78 is 0. The second kappa shape index (κ2) is 2.49. The third kappa shape index (κ3) is 0.932. The van der Waals surface area contributed by atoms with Crippen molar-refractivity contribution in [2.24, 2.45) is 4.99 Å². The van der Waals surface area contributed by atoms with Crippen LogP contribution in [0.4, 0.5) is 11.4 Å². The predicted octanol–water partition coefficient (Wildman–Crippen LogP) is 1.31. The normalized spacial score (nSPS) is 18.0. The summed E-state index contributed by atoms with van der Waals surface area (Å²) in [7, 11) is 0. The van der Waals surface area contributed by atoms with E-state index in [0.717, 1.165) is 19.8 Å². The highest BCUT2D eigenvalue weighted by atomic mass is 15.3. The summed E-state index contributed by atoms with van der Waals surface area (Å²) in [6.45, 7) is 2.85. The highest BCUT2D eigenvalue weighted by Crippen LogP contribution is 2.34. The van der Waals surface area contributed by atoms with E-state index in [0.29, 0.717) is 0 Å². The highest BCUT2D eigenvalue weighted by molar-refractivity contribution is 5.95. The van der Waals surface area contributed by atoms with Gasteiger partial charge in [0.25, 0.3) is 0 Å². The number of nitrogens with one attached hydrogen (secondary N) is 1. The van der Waals surface area contributed by atoms with Crippen LogP contribution in [0.2, 0.25) is 0 Å². The molecule has 2 aliphatic heterocycles. The fourth-order valence-corrected chi connectivity index (χ4v) is 1.95. The average molecular weight is 173 g/mol. The van der Waals surface area contributed by atoms with E-state index < -0.39 is 0 Å². The zero-order valence-corrected chi connectivity index (χ0v) is 7.33. The van der Waals surface area contributed by atoms with Gasteiger partial charge in [-0.3, -0.25) is 4.99 Å². The van der Waals surface area contributed by atoms with Crippen LogP contribution in [0.5, 0.6) is 0 Å². The summed E-state index contributed by atoms with van der Waals surface area (Å²) in [5, 5.41) is 3.37. The third-order valence-electron chi connectivity index (χ3n) is 2.57. The molecule has 3 heteroatoms. The lowest BCUT2D eigenvalue weighted by molar-refractivity contribution is 0.857. The van der Waals surface area contributed by atoms with Crippen molar-refractivity contribution in [2.45, 2.75) is 0 Å². The summed E-state index contributed by atoms with van der Waals surface area (Å²) in [5.41, 5.74) is 3.80. The van der Waals surface area contributed by atoms with Gasteiger partial charge in [0.1, 0.15) is 0 Å². The van der Waals surface area contributed by atoms with Crippen LogP contribution < -0.4 is 10.2 Å². The van der Waals surface area contributed by atoms with E-state index in [1.807, 2.05) is 6.21 Å². The van der Waals surface area contributed by atoms with Gasteiger partial charge >= 0.3 is 0 Å². The first-order valence-electron chi connectivity index (χ1n) is 4.57. The molecule has 0 atom stereocenters. The Labute approximate surface area is 77.1 Å². The molecule has 1 aromatic rings. The predicted molar refractivity (Wildman–Crippen MR) is 54.7 cm³/mol. The first-order chi connectivity index (χ1) is 6.45. The molecule has 0 bridgehead atoms. The van der Waals surface area contributed by atoms with Crippen LogP contribution in [0.3, 0.4) is 0 Å². The van der Waals surface area contributed by atoms with E-state index in [2.05, 4.69) is 33.4 Å². The van der Waals surface area contributed by atoms with Gasteiger partial charge in [-0.2, -0.15) is 0 Å². The summed E-state index contributed by atoms with van der Waals surface area (Å²) >= 11 is 0. The van der Waals surface area contributed by atoms with E-state index in [9.17, 15) is 0 Å². The van der Waals surface area contributed by atoms with E-state index >= 15 is 0 Å². The molecule has 0 aromatic heterocycles. The number of aliphatic imine (C=N–C) groups is 1. The topological polar surface area (TPSA) is 27.6 Å². The molecule has 3 rings (SSSR count). The Morgan fingerprint density at radius 3 is 3.38 bits per heavy atom. The van der Waals surface area contributed by atoms with Crippen molar-refractivity contribution < 1.29 is 0 Å². The molecule has 1 N–H and O–H groups in total. The summed E-state index contributed by atoms with van der Waals surface area (Å²) in [5.74, 6) is 0. The monoisotopic (exact) mass is 173 g/mol. The van der Waals surface area contributed by atoms with Gasteiger partial charge in [-0.05, 0) is 6.07 Å². The molecule has 2 heterocycles. The molecule has 2 aliphatic rings. The Morgan fingerprint density at radius 2 is 2.38 bits per heavy atom. The summed E-state index contributed by atoms with van der Waals surface area (Å²) in [4.78, 5) is 6.69. The Morgan fingerprint density at radius 1 is 1.38 bits per heavy atom. The number of rotatable bonds is 0. The largest absolute Gasteiger partial charge is 0.366 e. The lowest BCUT2D eigenvalue weighted by atomic mass is 10.1. The van der Waals surface area contributed by atoms with Crippen LogP contribution in [0.1, 0.15) is 5.56 Å². The van der Waals surface area contributed by atoms with Crippen LogP contribution in [0, 0.1) is 0 Å². The van der Waals surface area contributed by atoms with Crippen molar-refractivity contribution in [3.8, 4) is 0 Å². The quantitative estimate of drug-likeness (QED) is 0.640. The number of anilines is 2. The molecule has 0 spiro atoms. The Hall–Kier alpha value is -1.51. The highest BCUT2D eigenvalue weighted by Gasteiger charge is 2.21. The van der Waals surface area contributed by atoms with Crippen molar-refractivity contribution in [1.82, 2.24) is 0 Å². The molecule has 13 heavy (non-hydrogen) atoms. The van der Waals surface area contributed by atoms with Crippen LogP contribution in [-0.4, -0.2) is 26.0 Å². The van der Waals surface area contributed by atoms with Gasteiger partial charge < -0.3 is 10.2 Å².